The lowest BCUT2D eigenvalue weighted by Crippen LogP contribution is -2.58. The zero-order valence-electron chi connectivity index (χ0n) is 17.3. The molecule has 0 heterocycles. The van der Waals surface area contributed by atoms with E-state index in [1.807, 2.05) is 25.1 Å². The van der Waals surface area contributed by atoms with Crippen molar-refractivity contribution in [3.63, 3.8) is 0 Å². The Morgan fingerprint density at radius 1 is 1.11 bits per heavy atom. The maximum atomic E-state index is 13.4. The highest BCUT2D eigenvalue weighted by atomic mass is 16.5. The van der Waals surface area contributed by atoms with Gasteiger partial charge in [0.15, 0.2) is 6.61 Å². The number of hydrogen-bond donors (Lipinski definition) is 2. The fraction of sp³-hybridized carbons (Fsp3) is 0.652. The summed E-state index contributed by atoms with van der Waals surface area (Å²) in [6, 6.07) is 7.36. The Hall–Kier alpha value is -2.04. The van der Waals surface area contributed by atoms with Crippen molar-refractivity contribution in [2.75, 3.05) is 18.5 Å². The molecule has 0 aromatic heterocycles. The number of ether oxygens (including phenoxy) is 1. The number of likely N-dealkylation sites (N-methyl/N-ethyl adjacent to an activating group) is 1. The van der Waals surface area contributed by atoms with Gasteiger partial charge in [-0.05, 0) is 74.3 Å². The molecule has 5 heteroatoms. The van der Waals surface area contributed by atoms with Crippen molar-refractivity contribution in [1.29, 1.82) is 0 Å². The lowest BCUT2D eigenvalue weighted by Gasteiger charge is -2.64. The van der Waals surface area contributed by atoms with E-state index in [1.165, 1.54) is 19.3 Å². The highest BCUT2D eigenvalue weighted by Gasteiger charge is 2.62. The molecule has 0 saturated heterocycles. The van der Waals surface area contributed by atoms with Crippen LogP contribution < -0.4 is 15.4 Å². The van der Waals surface area contributed by atoms with E-state index in [0.717, 1.165) is 24.9 Å². The summed E-state index contributed by atoms with van der Waals surface area (Å²) in [7, 11) is 0. The maximum Gasteiger partial charge on any atom is 0.257 e. The largest absolute Gasteiger partial charge is 0.484 e. The van der Waals surface area contributed by atoms with E-state index in [9.17, 15) is 9.59 Å². The van der Waals surface area contributed by atoms with Gasteiger partial charge in [0, 0.05) is 18.3 Å². The molecule has 5 nitrogen and oxygen atoms in total. The Balaban J connectivity index is 1.45. The van der Waals surface area contributed by atoms with Gasteiger partial charge in [0.25, 0.3) is 5.91 Å². The molecule has 152 valence electrons. The van der Waals surface area contributed by atoms with Crippen LogP contribution in [0.5, 0.6) is 5.75 Å². The Morgan fingerprint density at radius 2 is 1.82 bits per heavy atom. The molecule has 0 radical (unpaired) electrons. The molecular formula is C23H32N2O3. The SMILES string of the molecule is CCNC(=O)COc1cccc(NC(=O)C23CC4CC(C)(CC(C)(C4)C2)C3)c1. The van der Waals surface area contributed by atoms with Crippen LogP contribution in [0.3, 0.4) is 0 Å². The second-order valence-corrected chi connectivity index (χ2v) is 10.1. The van der Waals surface area contributed by atoms with Crippen LogP contribution in [0.1, 0.15) is 59.3 Å². The summed E-state index contributed by atoms with van der Waals surface area (Å²) >= 11 is 0. The molecule has 2 unspecified atom stereocenters. The number of carbonyl (C=O) groups excluding carboxylic acids is 2. The van der Waals surface area contributed by atoms with E-state index in [1.54, 1.807) is 6.07 Å². The number of rotatable bonds is 6. The molecule has 28 heavy (non-hydrogen) atoms. The van der Waals surface area contributed by atoms with Crippen molar-refractivity contribution in [3.8, 4) is 5.75 Å². The highest BCUT2D eigenvalue weighted by Crippen LogP contribution is 2.69. The van der Waals surface area contributed by atoms with Crippen LogP contribution in [0.2, 0.25) is 0 Å². The summed E-state index contributed by atoms with van der Waals surface area (Å²) in [5.74, 6) is 1.29. The second kappa shape index (κ2) is 6.78. The minimum absolute atomic E-state index is 0.0203. The Kier molecular flexibility index (Phi) is 4.67. The molecule has 2 N–H and O–H groups in total. The summed E-state index contributed by atoms with van der Waals surface area (Å²) in [4.78, 5) is 25.0. The second-order valence-electron chi connectivity index (χ2n) is 10.1. The zero-order chi connectivity index (χ0) is 20.0. The molecule has 4 fully saturated rings. The van der Waals surface area contributed by atoms with E-state index in [-0.39, 0.29) is 23.8 Å². The molecule has 1 aromatic rings. The summed E-state index contributed by atoms with van der Waals surface area (Å²) in [6.45, 7) is 7.20. The highest BCUT2D eigenvalue weighted by molar-refractivity contribution is 5.96. The van der Waals surface area contributed by atoms with Crippen molar-refractivity contribution in [2.24, 2.45) is 22.2 Å². The monoisotopic (exact) mass is 384 g/mol. The lowest BCUT2D eigenvalue weighted by molar-refractivity contribution is -0.165. The molecule has 2 amide bonds. The van der Waals surface area contributed by atoms with Gasteiger partial charge in [-0.25, -0.2) is 0 Å². The van der Waals surface area contributed by atoms with Gasteiger partial charge in [-0.15, -0.1) is 0 Å². The fourth-order valence-electron chi connectivity index (χ4n) is 7.03. The molecule has 4 aliphatic carbocycles. The van der Waals surface area contributed by atoms with E-state index in [2.05, 4.69) is 24.5 Å². The summed E-state index contributed by atoms with van der Waals surface area (Å²) in [5.41, 5.74) is 1.12. The lowest BCUT2D eigenvalue weighted by atomic mass is 9.40. The molecular weight excluding hydrogens is 352 g/mol. The van der Waals surface area contributed by atoms with E-state index >= 15 is 0 Å². The van der Waals surface area contributed by atoms with E-state index < -0.39 is 0 Å². The molecule has 4 bridgehead atoms. The van der Waals surface area contributed by atoms with Crippen LogP contribution in [0.15, 0.2) is 24.3 Å². The van der Waals surface area contributed by atoms with Gasteiger partial charge in [0.2, 0.25) is 5.91 Å². The maximum absolute atomic E-state index is 13.4. The first-order valence-electron chi connectivity index (χ1n) is 10.5. The summed E-state index contributed by atoms with van der Waals surface area (Å²) in [5, 5.41) is 5.88. The third-order valence-corrected chi connectivity index (χ3v) is 6.94. The van der Waals surface area contributed by atoms with Gasteiger partial charge in [-0.2, -0.15) is 0 Å². The number of carbonyl (C=O) groups is 2. The van der Waals surface area contributed by atoms with Crippen LogP contribution in [-0.4, -0.2) is 25.0 Å². The van der Waals surface area contributed by atoms with Gasteiger partial charge in [-0.1, -0.05) is 19.9 Å². The van der Waals surface area contributed by atoms with E-state index in [0.29, 0.717) is 29.0 Å². The molecule has 5 rings (SSSR count). The molecule has 0 spiro atoms. The van der Waals surface area contributed by atoms with Crippen LogP contribution in [-0.2, 0) is 9.59 Å². The molecule has 1 aromatic carbocycles. The van der Waals surface area contributed by atoms with E-state index in [4.69, 9.17) is 4.74 Å². The first-order chi connectivity index (χ1) is 13.2. The third kappa shape index (κ3) is 3.63. The minimum atomic E-state index is -0.235. The molecule has 4 aliphatic rings. The van der Waals surface area contributed by atoms with Crippen LogP contribution in [0.4, 0.5) is 5.69 Å². The first-order valence-corrected chi connectivity index (χ1v) is 10.5. The standard InChI is InChI=1S/C23H32N2O3/c1-4-24-19(26)12-28-18-7-5-6-17(8-18)25-20(27)23-11-16-9-21(2,14-23)13-22(3,10-16)15-23/h5-8,16H,4,9-15H2,1-3H3,(H,24,26)(H,25,27). The van der Waals surface area contributed by atoms with Gasteiger partial charge in [0.05, 0.1) is 5.41 Å². The molecule has 4 saturated carbocycles. The van der Waals surface area contributed by atoms with Gasteiger partial charge < -0.3 is 15.4 Å². The van der Waals surface area contributed by atoms with Crippen molar-refractivity contribution < 1.29 is 14.3 Å². The number of hydrogen-bond acceptors (Lipinski definition) is 3. The normalized spacial score (nSPS) is 35.5. The van der Waals surface area contributed by atoms with Crippen LogP contribution in [0.25, 0.3) is 0 Å². The Bertz CT molecular complexity index is 772. The predicted octanol–water partition coefficient (Wildman–Crippen LogP) is 4.14. The molecule has 0 aliphatic heterocycles. The summed E-state index contributed by atoms with van der Waals surface area (Å²) in [6.07, 6.45) is 6.85. The topological polar surface area (TPSA) is 67.4 Å². The first kappa shape index (κ1) is 19.3. The number of benzene rings is 1. The quantitative estimate of drug-likeness (QED) is 0.775. The average molecular weight is 385 g/mol. The number of amides is 2. The predicted molar refractivity (Wildman–Crippen MR) is 109 cm³/mol. The van der Waals surface area contributed by atoms with Crippen molar-refractivity contribution in [2.45, 2.75) is 59.3 Å². The Morgan fingerprint density at radius 3 is 2.46 bits per heavy atom. The summed E-state index contributed by atoms with van der Waals surface area (Å²) < 4.78 is 5.56. The van der Waals surface area contributed by atoms with Crippen molar-refractivity contribution in [1.82, 2.24) is 5.32 Å². The van der Waals surface area contributed by atoms with Gasteiger partial charge in [-0.3, -0.25) is 9.59 Å². The third-order valence-electron chi connectivity index (χ3n) is 6.94. The van der Waals surface area contributed by atoms with Gasteiger partial charge >= 0.3 is 0 Å². The van der Waals surface area contributed by atoms with Gasteiger partial charge in [0.1, 0.15) is 5.75 Å². The van der Waals surface area contributed by atoms with Crippen molar-refractivity contribution in [3.05, 3.63) is 24.3 Å². The van der Waals surface area contributed by atoms with Crippen LogP contribution in [0, 0.1) is 22.2 Å². The fourth-order valence-corrected chi connectivity index (χ4v) is 7.03. The van der Waals surface area contributed by atoms with Crippen molar-refractivity contribution >= 4 is 17.5 Å². The zero-order valence-corrected chi connectivity index (χ0v) is 17.3. The Labute approximate surface area is 167 Å². The van der Waals surface area contributed by atoms with Crippen LogP contribution >= 0.6 is 0 Å². The number of anilines is 1. The minimum Gasteiger partial charge on any atom is -0.484 e. The smallest absolute Gasteiger partial charge is 0.257 e. The average Bonchev–Trinajstić information content (AvgIpc) is 2.57. The molecule has 2 atom stereocenters. The number of nitrogens with one attached hydrogen (secondary N) is 2.